The average molecular weight is 380 g/mol. The summed E-state index contributed by atoms with van der Waals surface area (Å²) >= 11 is 1.40. The summed E-state index contributed by atoms with van der Waals surface area (Å²) in [5.74, 6) is 1.36. The number of carbonyl (C=O) groups is 1. The molecule has 0 saturated carbocycles. The van der Waals surface area contributed by atoms with E-state index in [1.807, 2.05) is 69.3 Å². The lowest BCUT2D eigenvalue weighted by atomic mass is 10.1. The van der Waals surface area contributed by atoms with Crippen molar-refractivity contribution in [3.63, 3.8) is 0 Å². The van der Waals surface area contributed by atoms with Gasteiger partial charge >= 0.3 is 0 Å². The molecule has 2 heterocycles. The second kappa shape index (κ2) is 7.12. The van der Waals surface area contributed by atoms with Crippen LogP contribution in [0.2, 0.25) is 0 Å². The maximum absolute atomic E-state index is 13.1. The zero-order chi connectivity index (χ0) is 19.0. The monoisotopic (exact) mass is 380 g/mol. The van der Waals surface area contributed by atoms with Gasteiger partial charge < -0.3 is 9.47 Å². The predicted octanol–water partition coefficient (Wildman–Crippen LogP) is 4.61. The fourth-order valence-corrected chi connectivity index (χ4v) is 4.04. The van der Waals surface area contributed by atoms with Crippen LogP contribution in [0.5, 0.6) is 11.5 Å². The van der Waals surface area contributed by atoms with E-state index < -0.39 is 0 Å². The van der Waals surface area contributed by atoms with E-state index in [0.717, 1.165) is 22.6 Å². The number of amidine groups is 1. The number of hydrogen-bond acceptors (Lipinski definition) is 5. The Hall–Kier alpha value is -2.73. The zero-order valence-electron chi connectivity index (χ0n) is 15.4. The molecule has 5 nitrogen and oxygen atoms in total. The van der Waals surface area contributed by atoms with Crippen LogP contribution >= 0.6 is 11.8 Å². The van der Waals surface area contributed by atoms with E-state index in [2.05, 4.69) is 4.99 Å². The number of ether oxygens (including phenoxy) is 2. The summed E-state index contributed by atoms with van der Waals surface area (Å²) in [5.41, 5.74) is 2.83. The molecule has 0 radical (unpaired) electrons. The van der Waals surface area contributed by atoms with E-state index in [4.69, 9.17) is 9.47 Å². The fourth-order valence-electron chi connectivity index (χ4n) is 2.93. The second-order valence-electron chi connectivity index (χ2n) is 6.71. The van der Waals surface area contributed by atoms with Crippen LogP contribution < -0.4 is 14.4 Å². The minimum Gasteiger partial charge on any atom is -0.454 e. The summed E-state index contributed by atoms with van der Waals surface area (Å²) in [6.45, 7) is 6.26. The first kappa shape index (κ1) is 17.7. The molecule has 0 bridgehead atoms. The summed E-state index contributed by atoms with van der Waals surface area (Å²) in [7, 11) is 0. The summed E-state index contributed by atoms with van der Waals surface area (Å²) < 4.78 is 10.8. The number of anilines is 1. The van der Waals surface area contributed by atoms with Gasteiger partial charge in [0.25, 0.3) is 5.91 Å². The molecular weight excluding hydrogens is 360 g/mol. The standard InChI is InChI=1S/C21H20N2O3S/c1-13(2)22-21-23(16-6-4-5-14(3)9-16)20(24)19(27-21)11-15-7-8-17-18(10-15)26-12-25-17/h4-11,13H,12H2,1-3H3/b19-11-,22-21-. The Kier molecular flexibility index (Phi) is 4.66. The van der Waals surface area contributed by atoms with Crippen molar-refractivity contribution in [1.82, 2.24) is 0 Å². The van der Waals surface area contributed by atoms with Crippen LogP contribution in [-0.2, 0) is 4.79 Å². The van der Waals surface area contributed by atoms with Gasteiger partial charge in [0.2, 0.25) is 6.79 Å². The summed E-state index contributed by atoms with van der Waals surface area (Å²) in [6, 6.07) is 13.7. The number of aryl methyl sites for hydroxylation is 1. The van der Waals surface area contributed by atoms with E-state index in [9.17, 15) is 4.79 Å². The molecule has 6 heteroatoms. The van der Waals surface area contributed by atoms with Gasteiger partial charge in [0.15, 0.2) is 16.7 Å². The highest BCUT2D eigenvalue weighted by molar-refractivity contribution is 8.19. The Morgan fingerprint density at radius 1 is 1.15 bits per heavy atom. The zero-order valence-corrected chi connectivity index (χ0v) is 16.2. The minimum absolute atomic E-state index is 0.0670. The first-order valence-electron chi connectivity index (χ1n) is 8.79. The Bertz CT molecular complexity index is 966. The Labute approximate surface area is 162 Å². The highest BCUT2D eigenvalue weighted by atomic mass is 32.2. The maximum atomic E-state index is 13.1. The highest BCUT2D eigenvalue weighted by Gasteiger charge is 2.34. The number of amides is 1. The quantitative estimate of drug-likeness (QED) is 0.730. The van der Waals surface area contributed by atoms with Gasteiger partial charge in [-0.15, -0.1) is 0 Å². The predicted molar refractivity (Wildman–Crippen MR) is 109 cm³/mol. The van der Waals surface area contributed by atoms with Crippen LogP contribution in [0.15, 0.2) is 52.4 Å². The molecule has 2 aliphatic rings. The third-order valence-electron chi connectivity index (χ3n) is 4.13. The van der Waals surface area contributed by atoms with E-state index in [-0.39, 0.29) is 18.7 Å². The van der Waals surface area contributed by atoms with E-state index >= 15 is 0 Å². The molecule has 2 aliphatic heterocycles. The van der Waals surface area contributed by atoms with E-state index in [0.29, 0.717) is 15.8 Å². The molecule has 2 aromatic rings. The van der Waals surface area contributed by atoms with Gasteiger partial charge in [-0.2, -0.15) is 0 Å². The number of hydrogen-bond donors (Lipinski definition) is 0. The van der Waals surface area contributed by atoms with E-state index in [1.165, 1.54) is 11.8 Å². The molecule has 1 saturated heterocycles. The fraction of sp³-hybridized carbons (Fsp3) is 0.238. The van der Waals surface area contributed by atoms with Crippen LogP contribution in [0.4, 0.5) is 5.69 Å². The molecule has 27 heavy (non-hydrogen) atoms. The molecule has 0 atom stereocenters. The van der Waals surface area contributed by atoms with Gasteiger partial charge in [0.05, 0.1) is 10.6 Å². The van der Waals surface area contributed by atoms with Gasteiger partial charge in [-0.1, -0.05) is 18.2 Å². The van der Waals surface area contributed by atoms with Crippen LogP contribution in [0, 0.1) is 6.92 Å². The van der Waals surface area contributed by atoms with Crippen LogP contribution in [0.3, 0.4) is 0 Å². The van der Waals surface area contributed by atoms with Crippen molar-refractivity contribution in [2.75, 3.05) is 11.7 Å². The number of aliphatic imine (C=N–C) groups is 1. The molecule has 0 spiro atoms. The lowest BCUT2D eigenvalue weighted by Gasteiger charge is -2.16. The largest absolute Gasteiger partial charge is 0.454 e. The highest BCUT2D eigenvalue weighted by Crippen LogP contribution is 2.38. The Morgan fingerprint density at radius 3 is 2.74 bits per heavy atom. The van der Waals surface area contributed by atoms with Gasteiger partial charge in [-0.05, 0) is 74.0 Å². The van der Waals surface area contributed by atoms with Crippen molar-refractivity contribution in [1.29, 1.82) is 0 Å². The smallest absolute Gasteiger partial charge is 0.271 e. The van der Waals surface area contributed by atoms with Gasteiger partial charge in [0, 0.05) is 6.04 Å². The maximum Gasteiger partial charge on any atom is 0.271 e. The van der Waals surface area contributed by atoms with Crippen molar-refractivity contribution in [2.45, 2.75) is 26.8 Å². The number of fused-ring (bicyclic) bond motifs is 1. The van der Waals surface area contributed by atoms with Crippen LogP contribution in [0.1, 0.15) is 25.0 Å². The first-order valence-corrected chi connectivity index (χ1v) is 9.61. The number of rotatable bonds is 3. The van der Waals surface area contributed by atoms with Crippen LogP contribution in [-0.4, -0.2) is 23.9 Å². The van der Waals surface area contributed by atoms with Crippen molar-refractivity contribution < 1.29 is 14.3 Å². The van der Waals surface area contributed by atoms with Gasteiger partial charge in [0.1, 0.15) is 0 Å². The number of thioether (sulfide) groups is 1. The van der Waals surface area contributed by atoms with E-state index in [1.54, 1.807) is 4.90 Å². The molecule has 1 fully saturated rings. The van der Waals surface area contributed by atoms with Gasteiger partial charge in [-0.3, -0.25) is 14.7 Å². The molecule has 4 rings (SSSR count). The Morgan fingerprint density at radius 2 is 1.96 bits per heavy atom. The van der Waals surface area contributed by atoms with Crippen LogP contribution in [0.25, 0.3) is 6.08 Å². The lowest BCUT2D eigenvalue weighted by Crippen LogP contribution is -2.29. The molecule has 0 aliphatic carbocycles. The van der Waals surface area contributed by atoms with Crippen molar-refractivity contribution in [3.05, 3.63) is 58.5 Å². The molecule has 0 aromatic heterocycles. The molecular formula is C21H20N2O3S. The lowest BCUT2D eigenvalue weighted by molar-refractivity contribution is -0.113. The third kappa shape index (κ3) is 3.57. The van der Waals surface area contributed by atoms with Crippen molar-refractivity contribution in [3.8, 4) is 11.5 Å². The topological polar surface area (TPSA) is 51.1 Å². The third-order valence-corrected chi connectivity index (χ3v) is 5.11. The van der Waals surface area contributed by atoms with Crippen molar-refractivity contribution in [2.24, 2.45) is 4.99 Å². The SMILES string of the molecule is Cc1cccc(N2C(=O)/C(=C/c3ccc4c(c3)OCO4)S/C2=N\C(C)C)c1. The molecule has 0 N–H and O–H groups in total. The number of benzene rings is 2. The molecule has 138 valence electrons. The molecule has 2 aromatic carbocycles. The minimum atomic E-state index is -0.0670. The normalized spacial score (nSPS) is 19.0. The average Bonchev–Trinajstić information content (AvgIpc) is 3.19. The Balaban J connectivity index is 1.72. The van der Waals surface area contributed by atoms with Gasteiger partial charge in [-0.25, -0.2) is 0 Å². The summed E-state index contributed by atoms with van der Waals surface area (Å²) in [4.78, 5) is 20.1. The summed E-state index contributed by atoms with van der Waals surface area (Å²) in [6.07, 6.45) is 1.88. The van der Waals surface area contributed by atoms with Crippen molar-refractivity contribution >= 4 is 34.6 Å². The molecule has 1 amide bonds. The number of carbonyl (C=O) groups excluding carboxylic acids is 1. The number of nitrogens with zero attached hydrogens (tertiary/aromatic N) is 2. The molecule has 0 unspecified atom stereocenters. The second-order valence-corrected chi connectivity index (χ2v) is 7.72. The summed E-state index contributed by atoms with van der Waals surface area (Å²) in [5, 5.41) is 0.701. The first-order chi connectivity index (χ1) is 13.0.